The van der Waals surface area contributed by atoms with Crippen LogP contribution in [0, 0.1) is 6.92 Å². The molecule has 76 valence electrons. The molecule has 3 nitrogen and oxygen atoms in total. The largest absolute Gasteiger partial charge is 0.249 e. The lowest BCUT2D eigenvalue weighted by Crippen LogP contribution is -1.99. The van der Waals surface area contributed by atoms with Gasteiger partial charge < -0.3 is 0 Å². The molecule has 0 saturated carbocycles. The van der Waals surface area contributed by atoms with Crippen molar-refractivity contribution in [3.63, 3.8) is 0 Å². The van der Waals surface area contributed by atoms with E-state index < -0.39 is 9.73 Å². The Balaban J connectivity index is 2.37. The predicted molar refractivity (Wildman–Crippen MR) is 58.2 cm³/mol. The molecule has 1 aliphatic heterocycles. The van der Waals surface area contributed by atoms with Crippen LogP contribution in [-0.4, -0.2) is 20.7 Å². The zero-order chi connectivity index (χ0) is 10.0. The molecule has 0 spiro atoms. The minimum atomic E-state index is -1.96. The molecule has 0 aromatic carbocycles. The van der Waals surface area contributed by atoms with E-state index in [4.69, 9.17) is 0 Å². The fraction of sp³-hybridized carbons (Fsp3) is 0.500. The van der Waals surface area contributed by atoms with Crippen LogP contribution >= 0.6 is 0 Å². The first-order valence-electron chi connectivity index (χ1n) is 4.84. The first-order chi connectivity index (χ1) is 6.68. The Morgan fingerprint density at radius 2 is 2.07 bits per heavy atom. The van der Waals surface area contributed by atoms with Crippen LogP contribution in [0.1, 0.15) is 18.5 Å². The number of aryl methyl sites for hydroxylation is 1. The van der Waals surface area contributed by atoms with Crippen molar-refractivity contribution in [3.8, 4) is 0 Å². The van der Waals surface area contributed by atoms with Crippen molar-refractivity contribution in [2.75, 3.05) is 11.5 Å². The normalized spacial score (nSPS) is 19.5. The molecule has 2 rings (SSSR count). The van der Waals surface area contributed by atoms with Gasteiger partial charge in [0.05, 0.1) is 9.73 Å². The second kappa shape index (κ2) is 3.69. The molecule has 1 aromatic heterocycles. The van der Waals surface area contributed by atoms with Crippen molar-refractivity contribution >= 4 is 15.5 Å². The molecule has 0 radical (unpaired) electrons. The van der Waals surface area contributed by atoms with Gasteiger partial charge in [0.15, 0.2) is 5.82 Å². The Hall–Kier alpha value is -0.900. The molecule has 1 aromatic rings. The summed E-state index contributed by atoms with van der Waals surface area (Å²) in [6.07, 6.45) is 2.07. The topological polar surface area (TPSA) is 42.3 Å². The maximum absolute atomic E-state index is 12.1. The third kappa shape index (κ3) is 2.12. The number of aromatic nitrogens is 1. The van der Waals surface area contributed by atoms with Crippen molar-refractivity contribution in [2.24, 2.45) is 4.36 Å². The van der Waals surface area contributed by atoms with Crippen LogP contribution in [0.3, 0.4) is 0 Å². The second-order valence-corrected chi connectivity index (χ2v) is 6.16. The average molecular weight is 210 g/mol. The summed E-state index contributed by atoms with van der Waals surface area (Å²) >= 11 is 0. The Kier molecular flexibility index (Phi) is 2.54. The molecule has 2 heterocycles. The van der Waals surface area contributed by atoms with E-state index in [9.17, 15) is 4.21 Å². The van der Waals surface area contributed by atoms with E-state index in [0.29, 0.717) is 5.82 Å². The molecule has 0 atom stereocenters. The van der Waals surface area contributed by atoms with Crippen molar-refractivity contribution in [1.29, 1.82) is 0 Å². The van der Waals surface area contributed by atoms with Crippen LogP contribution in [0.5, 0.6) is 0 Å². The van der Waals surface area contributed by atoms with E-state index in [1.807, 2.05) is 25.1 Å². The monoisotopic (exact) mass is 210 g/mol. The number of hydrogen-bond acceptors (Lipinski definition) is 3. The van der Waals surface area contributed by atoms with Gasteiger partial charge in [0.2, 0.25) is 0 Å². The highest BCUT2D eigenvalue weighted by molar-refractivity contribution is 7.93. The lowest BCUT2D eigenvalue weighted by Gasteiger charge is -1.99. The SMILES string of the molecule is Cc1cccc(N=S2(=O)CCCC2)n1. The molecule has 14 heavy (non-hydrogen) atoms. The van der Waals surface area contributed by atoms with E-state index in [2.05, 4.69) is 9.35 Å². The summed E-state index contributed by atoms with van der Waals surface area (Å²) in [6.45, 7) is 1.92. The van der Waals surface area contributed by atoms with Crippen LogP contribution in [0.2, 0.25) is 0 Å². The summed E-state index contributed by atoms with van der Waals surface area (Å²) in [5.41, 5.74) is 0.923. The highest BCUT2D eigenvalue weighted by Crippen LogP contribution is 2.19. The van der Waals surface area contributed by atoms with Crippen LogP contribution < -0.4 is 0 Å². The molecule has 0 unspecified atom stereocenters. The first kappa shape index (κ1) is 9.65. The maximum Gasteiger partial charge on any atom is 0.161 e. The smallest absolute Gasteiger partial charge is 0.161 e. The minimum absolute atomic E-state index is 0.622. The van der Waals surface area contributed by atoms with E-state index in [1.165, 1.54) is 0 Å². The van der Waals surface area contributed by atoms with Gasteiger partial charge in [0.25, 0.3) is 0 Å². The summed E-state index contributed by atoms with van der Waals surface area (Å²) in [7, 11) is -1.96. The molecule has 4 heteroatoms. The first-order valence-corrected chi connectivity index (χ1v) is 6.69. The fourth-order valence-corrected chi connectivity index (χ4v) is 3.74. The lowest BCUT2D eigenvalue weighted by molar-refractivity contribution is 0.681. The minimum Gasteiger partial charge on any atom is -0.249 e. The quantitative estimate of drug-likeness (QED) is 0.713. The van der Waals surface area contributed by atoms with Gasteiger partial charge in [0, 0.05) is 17.2 Å². The molecule has 0 N–H and O–H groups in total. The predicted octanol–water partition coefficient (Wildman–Crippen LogP) is 2.28. The Morgan fingerprint density at radius 3 is 2.71 bits per heavy atom. The van der Waals surface area contributed by atoms with Gasteiger partial charge in [-0.2, -0.15) is 4.36 Å². The molecule has 1 saturated heterocycles. The fourth-order valence-electron chi connectivity index (χ4n) is 1.60. The Morgan fingerprint density at radius 1 is 1.36 bits per heavy atom. The zero-order valence-electron chi connectivity index (χ0n) is 8.27. The van der Waals surface area contributed by atoms with Crippen LogP contribution in [0.4, 0.5) is 5.82 Å². The summed E-state index contributed by atoms with van der Waals surface area (Å²) in [5.74, 6) is 2.10. The number of nitrogens with zero attached hydrogens (tertiary/aromatic N) is 2. The van der Waals surface area contributed by atoms with Crippen LogP contribution in [0.15, 0.2) is 22.6 Å². The molecular formula is C10H14N2OS. The van der Waals surface area contributed by atoms with Crippen LogP contribution in [0.25, 0.3) is 0 Å². The van der Waals surface area contributed by atoms with Crippen molar-refractivity contribution in [3.05, 3.63) is 23.9 Å². The van der Waals surface area contributed by atoms with Gasteiger partial charge >= 0.3 is 0 Å². The Bertz CT molecular complexity index is 435. The standard InChI is InChI=1S/C10H14N2OS/c1-9-5-4-6-10(11-9)12-14(13)7-2-3-8-14/h4-6H,2-3,7-8H2,1H3. The molecule has 0 amide bonds. The highest BCUT2D eigenvalue weighted by atomic mass is 32.2. The summed E-state index contributed by atoms with van der Waals surface area (Å²) in [6, 6.07) is 5.64. The average Bonchev–Trinajstić information content (AvgIpc) is 2.51. The number of pyridine rings is 1. The van der Waals surface area contributed by atoms with Gasteiger partial charge in [-0.05, 0) is 31.9 Å². The van der Waals surface area contributed by atoms with Gasteiger partial charge in [-0.15, -0.1) is 0 Å². The van der Waals surface area contributed by atoms with Crippen LogP contribution in [-0.2, 0) is 9.73 Å². The molecular weight excluding hydrogens is 196 g/mol. The lowest BCUT2D eigenvalue weighted by atomic mass is 10.4. The highest BCUT2D eigenvalue weighted by Gasteiger charge is 2.16. The molecule has 0 bridgehead atoms. The molecule has 1 aliphatic rings. The summed E-state index contributed by atoms with van der Waals surface area (Å²) < 4.78 is 16.3. The molecule has 1 fully saturated rings. The molecule has 0 aliphatic carbocycles. The van der Waals surface area contributed by atoms with Gasteiger partial charge in [-0.1, -0.05) is 6.07 Å². The summed E-state index contributed by atoms with van der Waals surface area (Å²) in [4.78, 5) is 4.24. The van der Waals surface area contributed by atoms with E-state index >= 15 is 0 Å². The van der Waals surface area contributed by atoms with Crippen molar-refractivity contribution in [2.45, 2.75) is 19.8 Å². The summed E-state index contributed by atoms with van der Waals surface area (Å²) in [5, 5.41) is 0. The third-order valence-corrected chi connectivity index (χ3v) is 4.68. The maximum atomic E-state index is 12.1. The van der Waals surface area contributed by atoms with E-state index in [0.717, 1.165) is 30.0 Å². The van der Waals surface area contributed by atoms with Gasteiger partial charge in [-0.3, -0.25) is 0 Å². The van der Waals surface area contributed by atoms with E-state index in [1.54, 1.807) is 0 Å². The van der Waals surface area contributed by atoms with Crippen molar-refractivity contribution < 1.29 is 4.21 Å². The third-order valence-electron chi connectivity index (χ3n) is 2.31. The van der Waals surface area contributed by atoms with Gasteiger partial charge in [0.1, 0.15) is 0 Å². The van der Waals surface area contributed by atoms with Gasteiger partial charge in [-0.25, -0.2) is 9.19 Å². The Labute approximate surface area is 84.7 Å². The van der Waals surface area contributed by atoms with Crippen molar-refractivity contribution in [1.82, 2.24) is 4.98 Å². The number of rotatable bonds is 1. The number of hydrogen-bond donors (Lipinski definition) is 0. The zero-order valence-corrected chi connectivity index (χ0v) is 9.09. The van der Waals surface area contributed by atoms with E-state index in [-0.39, 0.29) is 0 Å². The second-order valence-electron chi connectivity index (χ2n) is 3.62.